The van der Waals surface area contributed by atoms with E-state index in [4.69, 9.17) is 4.74 Å². The van der Waals surface area contributed by atoms with Crippen molar-refractivity contribution in [3.8, 4) is 11.1 Å². The van der Waals surface area contributed by atoms with E-state index in [-0.39, 0.29) is 43.0 Å². The van der Waals surface area contributed by atoms with Crippen LogP contribution in [0.15, 0.2) is 77.7 Å². The highest BCUT2D eigenvalue weighted by atomic mass is 32.2. The van der Waals surface area contributed by atoms with Crippen molar-refractivity contribution in [3.63, 3.8) is 0 Å². The second-order valence-electron chi connectivity index (χ2n) is 9.76. The van der Waals surface area contributed by atoms with Crippen molar-refractivity contribution in [2.45, 2.75) is 37.5 Å². The molecule has 0 fully saturated rings. The SMILES string of the molecule is C[C@H](CO)N1C[C@H](C)[C@@H](CN(C)S(=O)(=O)c2cccc(F)c2)OCc2ccccc2-c2ccccc2C1=O. The van der Waals surface area contributed by atoms with Crippen LogP contribution in [0.2, 0.25) is 0 Å². The number of nitrogens with zero attached hydrogens (tertiary/aromatic N) is 2. The minimum Gasteiger partial charge on any atom is -0.394 e. The number of fused-ring (bicyclic) bond motifs is 3. The zero-order chi connectivity index (χ0) is 27.4. The fourth-order valence-corrected chi connectivity index (χ4v) is 5.93. The van der Waals surface area contributed by atoms with Crippen LogP contribution in [0.25, 0.3) is 11.1 Å². The Morgan fingerprint density at radius 2 is 1.71 bits per heavy atom. The first-order valence-corrected chi connectivity index (χ1v) is 14.0. The first kappa shape index (κ1) is 27.9. The Morgan fingerprint density at radius 1 is 1.05 bits per heavy atom. The topological polar surface area (TPSA) is 87.2 Å². The van der Waals surface area contributed by atoms with Crippen LogP contribution >= 0.6 is 0 Å². The van der Waals surface area contributed by atoms with Crippen molar-refractivity contribution in [3.05, 3.63) is 89.7 Å². The molecule has 1 heterocycles. The standard InChI is InChI=1S/C29H33FN2O5S/c1-20-16-32(21(2)18-33)29(34)27-14-7-6-13-26(27)25-12-5-4-9-22(25)19-37-28(20)17-31(3)38(35,36)24-11-8-10-23(30)15-24/h4-15,20-21,28,33H,16-19H2,1-3H3/t20-,21+,28+/m0/s1. The van der Waals surface area contributed by atoms with Crippen LogP contribution < -0.4 is 0 Å². The van der Waals surface area contributed by atoms with Gasteiger partial charge in [-0.2, -0.15) is 4.31 Å². The van der Waals surface area contributed by atoms with Gasteiger partial charge in [0.05, 0.1) is 30.3 Å². The number of amides is 1. The minimum absolute atomic E-state index is 0.00926. The molecule has 0 unspecified atom stereocenters. The molecule has 0 saturated carbocycles. The predicted octanol–water partition coefficient (Wildman–Crippen LogP) is 4.17. The number of hydrogen-bond donors (Lipinski definition) is 1. The molecule has 0 bridgehead atoms. The number of benzene rings is 3. The summed E-state index contributed by atoms with van der Waals surface area (Å²) in [5.41, 5.74) is 3.01. The summed E-state index contributed by atoms with van der Waals surface area (Å²) in [6.07, 6.45) is -0.598. The van der Waals surface area contributed by atoms with Crippen LogP contribution in [0, 0.1) is 11.7 Å². The number of hydrogen-bond acceptors (Lipinski definition) is 5. The molecule has 4 rings (SSSR count). The first-order valence-electron chi connectivity index (χ1n) is 12.6. The second-order valence-corrected chi connectivity index (χ2v) is 11.8. The number of aliphatic hydroxyl groups is 1. The molecule has 1 aliphatic heterocycles. The van der Waals surface area contributed by atoms with Crippen LogP contribution in [-0.2, 0) is 21.4 Å². The van der Waals surface area contributed by atoms with E-state index in [0.717, 1.165) is 27.1 Å². The van der Waals surface area contributed by atoms with E-state index in [0.29, 0.717) is 5.56 Å². The summed E-state index contributed by atoms with van der Waals surface area (Å²) in [6.45, 7) is 3.88. The van der Waals surface area contributed by atoms with E-state index in [9.17, 15) is 22.7 Å². The lowest BCUT2D eigenvalue weighted by molar-refractivity contribution is -0.0146. The summed E-state index contributed by atoms with van der Waals surface area (Å²) >= 11 is 0. The Hall–Kier alpha value is -3.11. The summed E-state index contributed by atoms with van der Waals surface area (Å²) in [5, 5.41) is 9.96. The summed E-state index contributed by atoms with van der Waals surface area (Å²) in [7, 11) is -2.55. The van der Waals surface area contributed by atoms with Crippen LogP contribution in [-0.4, -0.2) is 67.5 Å². The highest BCUT2D eigenvalue weighted by Gasteiger charge is 2.32. The minimum atomic E-state index is -3.99. The summed E-state index contributed by atoms with van der Waals surface area (Å²) in [4.78, 5) is 15.3. The maximum absolute atomic E-state index is 13.9. The zero-order valence-electron chi connectivity index (χ0n) is 21.7. The van der Waals surface area contributed by atoms with Crippen LogP contribution in [0.4, 0.5) is 4.39 Å². The van der Waals surface area contributed by atoms with Crippen molar-refractivity contribution in [1.82, 2.24) is 9.21 Å². The molecular weight excluding hydrogens is 507 g/mol. The molecule has 3 atom stereocenters. The quantitative estimate of drug-likeness (QED) is 0.507. The van der Waals surface area contributed by atoms with Gasteiger partial charge in [0.25, 0.3) is 5.91 Å². The fraction of sp³-hybridized carbons (Fsp3) is 0.345. The third kappa shape index (κ3) is 5.81. The molecule has 1 N–H and O–H groups in total. The number of halogens is 1. The summed E-state index contributed by atoms with van der Waals surface area (Å²) in [5.74, 6) is -1.15. The zero-order valence-corrected chi connectivity index (χ0v) is 22.6. The Morgan fingerprint density at radius 3 is 2.39 bits per heavy atom. The molecule has 0 radical (unpaired) electrons. The second kappa shape index (κ2) is 11.7. The molecule has 0 spiro atoms. The molecule has 1 aliphatic rings. The molecule has 3 aromatic carbocycles. The Kier molecular flexibility index (Phi) is 8.62. The first-order chi connectivity index (χ1) is 18.1. The third-order valence-electron chi connectivity index (χ3n) is 7.04. The average Bonchev–Trinajstić information content (AvgIpc) is 2.94. The van der Waals surface area contributed by atoms with Gasteiger partial charge in [0, 0.05) is 31.6 Å². The molecule has 0 aromatic heterocycles. The highest BCUT2D eigenvalue weighted by molar-refractivity contribution is 7.89. The fourth-order valence-electron chi connectivity index (χ4n) is 4.71. The van der Waals surface area contributed by atoms with E-state index in [1.54, 1.807) is 17.9 Å². The van der Waals surface area contributed by atoms with Crippen molar-refractivity contribution in [2.75, 3.05) is 26.7 Å². The monoisotopic (exact) mass is 540 g/mol. The number of likely N-dealkylation sites (N-methyl/N-ethyl adjacent to an activating group) is 1. The van der Waals surface area contributed by atoms with Gasteiger partial charge in [0.15, 0.2) is 0 Å². The summed E-state index contributed by atoms with van der Waals surface area (Å²) < 4.78 is 47.7. The third-order valence-corrected chi connectivity index (χ3v) is 8.86. The van der Waals surface area contributed by atoms with E-state index < -0.39 is 28.0 Å². The molecule has 202 valence electrons. The normalized spacial score (nSPS) is 19.4. The van der Waals surface area contributed by atoms with Crippen LogP contribution in [0.5, 0.6) is 0 Å². The number of aliphatic hydroxyl groups excluding tert-OH is 1. The van der Waals surface area contributed by atoms with Crippen LogP contribution in [0.3, 0.4) is 0 Å². The maximum atomic E-state index is 13.9. The van der Waals surface area contributed by atoms with Gasteiger partial charge in [-0.15, -0.1) is 0 Å². The molecular formula is C29H33FN2O5S. The van der Waals surface area contributed by atoms with E-state index >= 15 is 0 Å². The van der Waals surface area contributed by atoms with E-state index in [1.165, 1.54) is 25.2 Å². The van der Waals surface area contributed by atoms with E-state index in [1.807, 2.05) is 49.4 Å². The average molecular weight is 541 g/mol. The van der Waals surface area contributed by atoms with Gasteiger partial charge < -0.3 is 14.7 Å². The van der Waals surface area contributed by atoms with Gasteiger partial charge in [-0.3, -0.25) is 4.79 Å². The smallest absolute Gasteiger partial charge is 0.254 e. The molecule has 0 saturated heterocycles. The van der Waals surface area contributed by atoms with Crippen molar-refractivity contribution in [1.29, 1.82) is 0 Å². The van der Waals surface area contributed by atoms with Gasteiger partial charge in [-0.05, 0) is 47.9 Å². The number of carbonyl (C=O) groups excluding carboxylic acids is 1. The Bertz CT molecular complexity index is 1400. The molecule has 0 aliphatic carbocycles. The highest BCUT2D eigenvalue weighted by Crippen LogP contribution is 2.31. The molecule has 38 heavy (non-hydrogen) atoms. The van der Waals surface area contributed by atoms with Gasteiger partial charge in [-0.25, -0.2) is 12.8 Å². The Labute approximate surface area is 223 Å². The van der Waals surface area contributed by atoms with Gasteiger partial charge in [0.1, 0.15) is 5.82 Å². The van der Waals surface area contributed by atoms with Gasteiger partial charge in [-0.1, -0.05) is 55.5 Å². The van der Waals surface area contributed by atoms with Crippen molar-refractivity contribution in [2.24, 2.45) is 5.92 Å². The van der Waals surface area contributed by atoms with Gasteiger partial charge >= 0.3 is 0 Å². The predicted molar refractivity (Wildman–Crippen MR) is 143 cm³/mol. The lowest BCUT2D eigenvalue weighted by Gasteiger charge is -2.35. The van der Waals surface area contributed by atoms with Crippen molar-refractivity contribution >= 4 is 15.9 Å². The molecule has 3 aromatic rings. The van der Waals surface area contributed by atoms with E-state index in [2.05, 4.69) is 0 Å². The number of sulfonamides is 1. The lowest BCUT2D eigenvalue weighted by Crippen LogP contribution is -2.47. The van der Waals surface area contributed by atoms with Crippen LogP contribution in [0.1, 0.15) is 29.8 Å². The Balaban J connectivity index is 1.73. The number of rotatable bonds is 6. The summed E-state index contributed by atoms with van der Waals surface area (Å²) in [6, 6.07) is 19.4. The molecule has 1 amide bonds. The molecule has 9 heteroatoms. The van der Waals surface area contributed by atoms with Crippen molar-refractivity contribution < 1.29 is 27.4 Å². The maximum Gasteiger partial charge on any atom is 0.254 e. The molecule has 7 nitrogen and oxygen atoms in total. The number of ether oxygens (including phenoxy) is 1. The largest absolute Gasteiger partial charge is 0.394 e. The number of carbonyl (C=O) groups is 1. The lowest BCUT2D eigenvalue weighted by atomic mass is 9.94. The van der Waals surface area contributed by atoms with Gasteiger partial charge in [0.2, 0.25) is 10.0 Å².